The third-order valence-electron chi connectivity index (χ3n) is 4.10. The fourth-order valence-corrected chi connectivity index (χ4v) is 2.88. The molecule has 4 heteroatoms. The summed E-state index contributed by atoms with van der Waals surface area (Å²) in [5.41, 5.74) is 1.84. The van der Waals surface area contributed by atoms with E-state index in [0.29, 0.717) is 0 Å². The molecule has 1 N–H and O–H groups in total. The summed E-state index contributed by atoms with van der Waals surface area (Å²) in [7, 11) is 2.17. The van der Waals surface area contributed by atoms with Gasteiger partial charge in [-0.2, -0.15) is 0 Å². The average molecular weight is 339 g/mol. The number of hydrogen-bond acceptors (Lipinski definition) is 2. The van der Waals surface area contributed by atoms with Gasteiger partial charge < -0.3 is 10.2 Å². The van der Waals surface area contributed by atoms with E-state index in [4.69, 9.17) is 0 Å². The van der Waals surface area contributed by atoms with Crippen LogP contribution in [-0.4, -0.2) is 37.5 Å². The molecular weight excluding hydrogens is 316 g/mol. The maximum Gasteiger partial charge on any atom is 0.251 e. The summed E-state index contributed by atoms with van der Waals surface area (Å²) >= 11 is 3.45. The van der Waals surface area contributed by atoms with Crippen molar-refractivity contribution in [3.63, 3.8) is 0 Å². The van der Waals surface area contributed by atoms with Crippen molar-refractivity contribution < 1.29 is 4.79 Å². The Morgan fingerprint density at radius 3 is 2.75 bits per heavy atom. The first-order chi connectivity index (χ1) is 9.56. The smallest absolute Gasteiger partial charge is 0.251 e. The molecule has 1 heterocycles. The summed E-state index contributed by atoms with van der Waals surface area (Å²) in [4.78, 5) is 14.4. The van der Waals surface area contributed by atoms with Gasteiger partial charge in [0, 0.05) is 16.6 Å². The number of hydrogen-bond donors (Lipinski definition) is 1. The molecule has 1 fully saturated rings. The van der Waals surface area contributed by atoms with Crippen molar-refractivity contribution in [3.05, 3.63) is 33.8 Å². The highest BCUT2D eigenvalue weighted by molar-refractivity contribution is 9.10. The predicted octanol–water partition coefficient (Wildman–Crippen LogP) is 3.22. The van der Waals surface area contributed by atoms with E-state index < -0.39 is 0 Å². The number of halogens is 1. The fourth-order valence-electron chi connectivity index (χ4n) is 2.63. The van der Waals surface area contributed by atoms with Crippen molar-refractivity contribution in [2.45, 2.75) is 26.2 Å². The monoisotopic (exact) mass is 338 g/mol. The molecule has 20 heavy (non-hydrogen) atoms. The second-order valence-corrected chi connectivity index (χ2v) is 6.61. The minimum Gasteiger partial charge on any atom is -0.352 e. The molecule has 0 aliphatic carbocycles. The number of amides is 1. The van der Waals surface area contributed by atoms with E-state index in [1.807, 2.05) is 25.1 Å². The van der Waals surface area contributed by atoms with Crippen molar-refractivity contribution in [2.24, 2.45) is 5.92 Å². The van der Waals surface area contributed by atoms with E-state index in [-0.39, 0.29) is 5.91 Å². The SMILES string of the molecule is Cc1cc(C(=O)NCCC2CCN(C)CC2)ccc1Br. The average Bonchev–Trinajstić information content (AvgIpc) is 2.44. The zero-order chi connectivity index (χ0) is 14.5. The Morgan fingerprint density at radius 1 is 1.40 bits per heavy atom. The van der Waals surface area contributed by atoms with E-state index >= 15 is 0 Å². The minimum absolute atomic E-state index is 0.0357. The predicted molar refractivity (Wildman–Crippen MR) is 86.1 cm³/mol. The van der Waals surface area contributed by atoms with Gasteiger partial charge in [-0.15, -0.1) is 0 Å². The highest BCUT2D eigenvalue weighted by Gasteiger charge is 2.16. The van der Waals surface area contributed by atoms with Crippen LogP contribution >= 0.6 is 15.9 Å². The maximum atomic E-state index is 12.1. The van der Waals surface area contributed by atoms with E-state index in [1.165, 1.54) is 25.9 Å². The summed E-state index contributed by atoms with van der Waals surface area (Å²) in [5.74, 6) is 0.798. The molecule has 3 nitrogen and oxygen atoms in total. The molecule has 1 amide bonds. The Balaban J connectivity index is 1.76. The number of likely N-dealkylation sites (tertiary alicyclic amines) is 1. The summed E-state index contributed by atoms with van der Waals surface area (Å²) in [6.45, 7) is 5.15. The molecule has 0 radical (unpaired) electrons. The number of nitrogens with zero attached hydrogens (tertiary/aromatic N) is 1. The molecule has 0 bridgehead atoms. The molecule has 1 aliphatic heterocycles. The zero-order valence-corrected chi connectivity index (χ0v) is 13.9. The van der Waals surface area contributed by atoms with Crippen LogP contribution in [0.25, 0.3) is 0 Å². The molecule has 0 unspecified atom stereocenters. The molecular formula is C16H23BrN2O. The van der Waals surface area contributed by atoms with E-state index in [2.05, 4.69) is 33.2 Å². The van der Waals surface area contributed by atoms with Crippen molar-refractivity contribution in [2.75, 3.05) is 26.7 Å². The molecule has 0 atom stereocenters. The van der Waals surface area contributed by atoms with Crippen LogP contribution in [0.4, 0.5) is 0 Å². The maximum absolute atomic E-state index is 12.1. The zero-order valence-electron chi connectivity index (χ0n) is 12.3. The van der Waals surface area contributed by atoms with E-state index in [0.717, 1.165) is 34.5 Å². The van der Waals surface area contributed by atoms with Crippen molar-refractivity contribution in [1.29, 1.82) is 0 Å². The van der Waals surface area contributed by atoms with Crippen molar-refractivity contribution in [1.82, 2.24) is 10.2 Å². The number of rotatable bonds is 4. The Kier molecular flexibility index (Phi) is 5.61. The lowest BCUT2D eigenvalue weighted by Crippen LogP contribution is -2.32. The van der Waals surface area contributed by atoms with Crippen molar-refractivity contribution in [3.8, 4) is 0 Å². The number of aryl methyl sites for hydroxylation is 1. The number of carbonyl (C=O) groups excluding carboxylic acids is 1. The summed E-state index contributed by atoms with van der Waals surface area (Å²) in [6, 6.07) is 5.72. The van der Waals surface area contributed by atoms with Crippen LogP contribution in [0.15, 0.2) is 22.7 Å². The normalized spacial score (nSPS) is 17.1. The van der Waals surface area contributed by atoms with Crippen LogP contribution in [0, 0.1) is 12.8 Å². The molecule has 110 valence electrons. The molecule has 0 saturated carbocycles. The van der Waals surface area contributed by atoms with Crippen LogP contribution in [0.5, 0.6) is 0 Å². The minimum atomic E-state index is 0.0357. The number of piperidine rings is 1. The topological polar surface area (TPSA) is 32.3 Å². The Labute approximate surface area is 129 Å². The van der Waals surface area contributed by atoms with Gasteiger partial charge in [0.2, 0.25) is 0 Å². The molecule has 1 aromatic carbocycles. The lowest BCUT2D eigenvalue weighted by molar-refractivity contribution is 0.0949. The first-order valence-electron chi connectivity index (χ1n) is 7.29. The highest BCUT2D eigenvalue weighted by atomic mass is 79.9. The van der Waals surface area contributed by atoms with Gasteiger partial charge in [0.1, 0.15) is 0 Å². The Hall–Kier alpha value is -0.870. The van der Waals surface area contributed by atoms with Gasteiger partial charge in [-0.05, 0) is 76.0 Å². The molecule has 2 rings (SSSR count). The summed E-state index contributed by atoms with van der Waals surface area (Å²) < 4.78 is 1.04. The van der Waals surface area contributed by atoms with E-state index in [1.54, 1.807) is 0 Å². The van der Waals surface area contributed by atoms with Crippen LogP contribution in [0.2, 0.25) is 0 Å². The summed E-state index contributed by atoms with van der Waals surface area (Å²) in [5, 5.41) is 3.04. The highest BCUT2D eigenvalue weighted by Crippen LogP contribution is 2.19. The van der Waals surface area contributed by atoms with Gasteiger partial charge in [-0.1, -0.05) is 15.9 Å². The second-order valence-electron chi connectivity index (χ2n) is 5.76. The van der Waals surface area contributed by atoms with Gasteiger partial charge in [-0.3, -0.25) is 4.79 Å². The lowest BCUT2D eigenvalue weighted by Gasteiger charge is -2.28. The Morgan fingerprint density at radius 2 is 2.10 bits per heavy atom. The standard InChI is InChI=1S/C16H23BrN2O/c1-12-11-14(3-4-15(12)17)16(20)18-8-5-13-6-9-19(2)10-7-13/h3-4,11,13H,5-10H2,1-2H3,(H,18,20). The number of carbonyl (C=O) groups is 1. The number of benzene rings is 1. The van der Waals surface area contributed by atoms with Gasteiger partial charge in [0.15, 0.2) is 0 Å². The quantitative estimate of drug-likeness (QED) is 0.914. The van der Waals surface area contributed by atoms with Crippen molar-refractivity contribution >= 4 is 21.8 Å². The fraction of sp³-hybridized carbons (Fsp3) is 0.562. The third kappa shape index (κ3) is 4.32. The van der Waals surface area contributed by atoms with Gasteiger partial charge in [0.05, 0.1) is 0 Å². The van der Waals surface area contributed by atoms with Crippen LogP contribution in [0.3, 0.4) is 0 Å². The third-order valence-corrected chi connectivity index (χ3v) is 4.99. The number of nitrogens with one attached hydrogen (secondary N) is 1. The lowest BCUT2D eigenvalue weighted by atomic mass is 9.94. The summed E-state index contributed by atoms with van der Waals surface area (Å²) in [6.07, 6.45) is 3.60. The molecule has 1 aromatic rings. The van der Waals surface area contributed by atoms with Crippen LogP contribution in [0.1, 0.15) is 35.2 Å². The second kappa shape index (κ2) is 7.23. The van der Waals surface area contributed by atoms with Gasteiger partial charge >= 0.3 is 0 Å². The van der Waals surface area contributed by atoms with Crippen LogP contribution < -0.4 is 5.32 Å². The first-order valence-corrected chi connectivity index (χ1v) is 8.08. The largest absolute Gasteiger partial charge is 0.352 e. The first kappa shape index (κ1) is 15.5. The van der Waals surface area contributed by atoms with Crippen LogP contribution in [-0.2, 0) is 0 Å². The van der Waals surface area contributed by atoms with Gasteiger partial charge in [-0.25, -0.2) is 0 Å². The molecule has 1 saturated heterocycles. The Bertz CT molecular complexity index is 468. The van der Waals surface area contributed by atoms with E-state index in [9.17, 15) is 4.79 Å². The molecule has 1 aliphatic rings. The molecule has 0 spiro atoms. The molecule has 0 aromatic heterocycles. The van der Waals surface area contributed by atoms with Gasteiger partial charge in [0.25, 0.3) is 5.91 Å².